The van der Waals surface area contributed by atoms with E-state index in [0.717, 1.165) is 65.9 Å². The molecule has 0 spiro atoms. The highest BCUT2D eigenvalue weighted by molar-refractivity contribution is 5.93. The summed E-state index contributed by atoms with van der Waals surface area (Å²) in [5, 5.41) is 10.3. The van der Waals surface area contributed by atoms with Crippen molar-refractivity contribution < 1.29 is 0 Å². The molecule has 190 valence electrons. The third-order valence-electron chi connectivity index (χ3n) is 8.97. The molecule has 2 aromatic heterocycles. The van der Waals surface area contributed by atoms with E-state index in [0.29, 0.717) is 11.8 Å². The molecule has 0 radical (unpaired) electrons. The lowest BCUT2D eigenvalue weighted by molar-refractivity contribution is 0.524. The zero-order valence-corrected chi connectivity index (χ0v) is 21.7. The monoisotopic (exact) mass is 507 g/mol. The van der Waals surface area contributed by atoms with E-state index >= 15 is 0 Å². The minimum atomic E-state index is 0.198. The fraction of sp³-hybridized carbons (Fsp3) is 0.265. The largest absolute Gasteiger partial charge is 0.328 e. The SMILES string of the molecule is N#CC1=CC=C(CC2=CC3C(C=C2)C2C=CC=CC2N3c2nc3ccccc3c3nc4c(n23)C=CCC4)CC1. The molecule has 39 heavy (non-hydrogen) atoms. The van der Waals surface area contributed by atoms with Crippen LogP contribution in [0.4, 0.5) is 5.95 Å². The van der Waals surface area contributed by atoms with E-state index in [9.17, 15) is 5.26 Å². The number of nitrogens with zero attached hydrogens (tertiary/aromatic N) is 5. The van der Waals surface area contributed by atoms with Gasteiger partial charge in [-0.2, -0.15) is 5.26 Å². The van der Waals surface area contributed by atoms with Crippen LogP contribution in [-0.2, 0) is 6.42 Å². The van der Waals surface area contributed by atoms with Crippen LogP contribution in [0, 0.1) is 23.2 Å². The lowest BCUT2D eigenvalue weighted by Gasteiger charge is -2.32. The van der Waals surface area contributed by atoms with E-state index in [2.05, 4.69) is 100 Å². The third-order valence-corrected chi connectivity index (χ3v) is 8.97. The zero-order chi connectivity index (χ0) is 25.9. The van der Waals surface area contributed by atoms with Gasteiger partial charge in [-0.1, -0.05) is 72.4 Å². The summed E-state index contributed by atoms with van der Waals surface area (Å²) in [7, 11) is 0. The van der Waals surface area contributed by atoms with Crippen molar-refractivity contribution in [2.75, 3.05) is 4.90 Å². The maximum absolute atomic E-state index is 9.24. The van der Waals surface area contributed by atoms with Gasteiger partial charge in [-0.25, -0.2) is 9.97 Å². The van der Waals surface area contributed by atoms with Gasteiger partial charge in [0.1, 0.15) is 5.65 Å². The summed E-state index contributed by atoms with van der Waals surface area (Å²) in [4.78, 5) is 13.1. The Morgan fingerprint density at radius 1 is 0.923 bits per heavy atom. The number of hydrogen-bond donors (Lipinski definition) is 0. The van der Waals surface area contributed by atoms with Crippen molar-refractivity contribution in [3.63, 3.8) is 0 Å². The number of hydrogen-bond acceptors (Lipinski definition) is 4. The quantitative estimate of drug-likeness (QED) is 0.391. The number of aryl methyl sites for hydroxylation is 1. The summed E-state index contributed by atoms with van der Waals surface area (Å²) in [5.74, 6) is 1.75. The molecule has 3 aromatic rings. The van der Waals surface area contributed by atoms with Crippen molar-refractivity contribution in [2.24, 2.45) is 11.8 Å². The molecule has 8 rings (SSSR count). The molecular weight excluding hydrogens is 478 g/mol. The van der Waals surface area contributed by atoms with E-state index in [1.165, 1.54) is 16.8 Å². The van der Waals surface area contributed by atoms with Crippen LogP contribution in [0.1, 0.15) is 37.1 Å². The van der Waals surface area contributed by atoms with Gasteiger partial charge in [0.05, 0.1) is 35.1 Å². The molecule has 3 heterocycles. The summed E-state index contributed by atoms with van der Waals surface area (Å²) in [6.07, 6.45) is 29.7. The first kappa shape index (κ1) is 22.5. The Bertz CT molecular complexity index is 1780. The second-order valence-electron chi connectivity index (χ2n) is 11.2. The fourth-order valence-corrected chi connectivity index (χ4v) is 7.09. The fourth-order valence-electron chi connectivity index (χ4n) is 7.09. The molecule has 4 aliphatic carbocycles. The van der Waals surface area contributed by atoms with Crippen LogP contribution in [-0.4, -0.2) is 26.5 Å². The van der Waals surface area contributed by atoms with Crippen molar-refractivity contribution in [1.29, 1.82) is 5.26 Å². The van der Waals surface area contributed by atoms with Crippen molar-refractivity contribution in [1.82, 2.24) is 14.4 Å². The lowest BCUT2D eigenvalue weighted by Crippen LogP contribution is -2.39. The van der Waals surface area contributed by atoms with Gasteiger partial charge in [-0.15, -0.1) is 0 Å². The first-order chi connectivity index (χ1) is 19.3. The molecule has 0 N–H and O–H groups in total. The normalized spacial score (nSPS) is 26.6. The van der Waals surface area contributed by atoms with Gasteiger partial charge in [0.2, 0.25) is 5.95 Å². The van der Waals surface area contributed by atoms with Gasteiger partial charge >= 0.3 is 0 Å². The van der Waals surface area contributed by atoms with Crippen LogP contribution in [0.5, 0.6) is 0 Å². The van der Waals surface area contributed by atoms with Crippen LogP contribution in [0.25, 0.3) is 22.6 Å². The number of nitriles is 1. The first-order valence-corrected chi connectivity index (χ1v) is 14.1. The molecule has 1 saturated heterocycles. The summed E-state index contributed by atoms with van der Waals surface area (Å²) in [5.41, 5.74) is 7.94. The maximum atomic E-state index is 9.24. The average molecular weight is 508 g/mol. The van der Waals surface area contributed by atoms with Crippen LogP contribution < -0.4 is 4.90 Å². The second-order valence-corrected chi connectivity index (χ2v) is 11.2. The number of aromatic nitrogens is 3. The Balaban J connectivity index is 1.29. The van der Waals surface area contributed by atoms with Crippen LogP contribution >= 0.6 is 0 Å². The Morgan fingerprint density at radius 2 is 1.82 bits per heavy atom. The van der Waals surface area contributed by atoms with Gasteiger partial charge in [0.15, 0.2) is 0 Å². The molecule has 4 unspecified atom stereocenters. The van der Waals surface area contributed by atoms with E-state index in [-0.39, 0.29) is 12.1 Å². The average Bonchev–Trinajstić information content (AvgIpc) is 3.53. The van der Waals surface area contributed by atoms with Gasteiger partial charge in [-0.3, -0.25) is 4.40 Å². The van der Waals surface area contributed by atoms with Crippen LogP contribution in [0.2, 0.25) is 0 Å². The van der Waals surface area contributed by atoms with Crippen molar-refractivity contribution >= 4 is 28.6 Å². The lowest BCUT2D eigenvalue weighted by atomic mass is 9.81. The van der Waals surface area contributed by atoms with Crippen LogP contribution in [0.3, 0.4) is 0 Å². The Morgan fingerprint density at radius 3 is 2.72 bits per heavy atom. The molecule has 5 aliphatic rings. The molecule has 4 atom stereocenters. The minimum Gasteiger partial charge on any atom is -0.328 e. The molecular formula is C34H29N5. The number of para-hydroxylation sites is 1. The number of allylic oxidation sites excluding steroid dienone is 9. The third kappa shape index (κ3) is 3.51. The van der Waals surface area contributed by atoms with E-state index in [4.69, 9.17) is 9.97 Å². The van der Waals surface area contributed by atoms with E-state index in [1.54, 1.807) is 0 Å². The molecule has 0 bridgehead atoms. The highest BCUT2D eigenvalue weighted by Gasteiger charge is 2.48. The standard InChI is InChI=1S/C34H29N5/c35-21-23-15-13-22(14-16-23)19-24-17-18-26-25-7-2-5-11-30(25)38(32(26)20-24)34-37-28-9-3-1-8-27(28)33-36-29-10-4-6-12-31(29)39(33)34/h1-3,5-9,11-13,15,17-18,20,25-26,30,32H,4,10,14,16,19H2. The predicted octanol–water partition coefficient (Wildman–Crippen LogP) is 6.81. The second kappa shape index (κ2) is 8.81. The van der Waals surface area contributed by atoms with Crippen molar-refractivity contribution in [3.8, 4) is 6.07 Å². The summed E-state index contributed by atoms with van der Waals surface area (Å²) in [6.45, 7) is 0. The highest BCUT2D eigenvalue weighted by atomic mass is 15.4. The topological polar surface area (TPSA) is 57.2 Å². The number of rotatable bonds is 3. The number of benzene rings is 1. The molecule has 1 fully saturated rings. The molecule has 1 aromatic carbocycles. The van der Waals surface area contributed by atoms with Gasteiger partial charge in [-0.05, 0) is 62.0 Å². The summed E-state index contributed by atoms with van der Waals surface area (Å²) in [6, 6.07) is 11.1. The van der Waals surface area contributed by atoms with Crippen molar-refractivity contribution in [3.05, 3.63) is 113 Å². The van der Waals surface area contributed by atoms with Gasteiger partial charge in [0, 0.05) is 22.8 Å². The number of fused-ring (bicyclic) bond motifs is 8. The number of imidazole rings is 1. The minimum absolute atomic E-state index is 0.198. The van der Waals surface area contributed by atoms with Gasteiger partial charge < -0.3 is 4.90 Å². The van der Waals surface area contributed by atoms with E-state index in [1.807, 2.05) is 6.08 Å². The summed E-state index contributed by atoms with van der Waals surface area (Å²) >= 11 is 0. The summed E-state index contributed by atoms with van der Waals surface area (Å²) < 4.78 is 2.32. The van der Waals surface area contributed by atoms with Crippen LogP contribution in [0.15, 0.2) is 102 Å². The molecule has 0 saturated carbocycles. The highest BCUT2D eigenvalue weighted by Crippen LogP contribution is 2.46. The predicted molar refractivity (Wildman–Crippen MR) is 156 cm³/mol. The first-order valence-electron chi connectivity index (χ1n) is 14.1. The smallest absolute Gasteiger partial charge is 0.213 e. The Kier molecular flexibility index (Phi) is 5.09. The van der Waals surface area contributed by atoms with Gasteiger partial charge in [0.25, 0.3) is 0 Å². The van der Waals surface area contributed by atoms with E-state index < -0.39 is 0 Å². The Hall–Kier alpha value is -4.43. The van der Waals surface area contributed by atoms with Crippen molar-refractivity contribution in [2.45, 2.75) is 44.2 Å². The molecule has 5 nitrogen and oxygen atoms in total. The zero-order valence-electron chi connectivity index (χ0n) is 21.7. The Labute approximate surface area is 228 Å². The number of anilines is 1. The maximum Gasteiger partial charge on any atom is 0.213 e. The molecule has 5 heteroatoms. The molecule has 0 amide bonds. The molecule has 1 aliphatic heterocycles.